The summed E-state index contributed by atoms with van der Waals surface area (Å²) in [6.45, 7) is 2.14. The summed E-state index contributed by atoms with van der Waals surface area (Å²) in [4.78, 5) is 24.9. The highest BCUT2D eigenvalue weighted by Gasteiger charge is 2.34. The number of aliphatic hydroxyl groups is 1. The molecule has 0 radical (unpaired) electrons. The van der Waals surface area contributed by atoms with E-state index in [0.29, 0.717) is 17.5 Å². The van der Waals surface area contributed by atoms with E-state index < -0.39 is 0 Å². The second-order valence-electron chi connectivity index (χ2n) is 3.89. The number of carbonyl (C=O) groups excluding carboxylic acids is 2. The Bertz CT molecular complexity index is 454. The van der Waals surface area contributed by atoms with Gasteiger partial charge in [-0.1, -0.05) is 11.6 Å². The minimum atomic E-state index is -0.256. The second-order valence-corrected chi connectivity index (χ2v) is 3.89. The summed E-state index contributed by atoms with van der Waals surface area (Å²) >= 11 is 0. The van der Waals surface area contributed by atoms with Crippen LogP contribution in [-0.2, 0) is 0 Å². The third-order valence-corrected chi connectivity index (χ3v) is 2.67. The average Bonchev–Trinajstić information content (AvgIpc) is 2.50. The maximum absolute atomic E-state index is 11.9. The van der Waals surface area contributed by atoms with Crippen LogP contribution in [0.25, 0.3) is 0 Å². The number of rotatable bonds is 3. The molecule has 1 N–H and O–H groups in total. The van der Waals surface area contributed by atoms with Gasteiger partial charge in [-0.3, -0.25) is 14.5 Å². The first-order valence-corrected chi connectivity index (χ1v) is 5.23. The summed E-state index contributed by atoms with van der Waals surface area (Å²) in [5.74, 6) is -0.509. The van der Waals surface area contributed by atoms with E-state index in [9.17, 15) is 9.59 Å². The fraction of sp³-hybridized carbons (Fsp3) is 0.333. The highest BCUT2D eigenvalue weighted by atomic mass is 16.3. The molecule has 4 heteroatoms. The first kappa shape index (κ1) is 10.8. The minimum Gasteiger partial charge on any atom is -0.396 e. The molecule has 1 aromatic rings. The van der Waals surface area contributed by atoms with E-state index in [0.717, 1.165) is 5.56 Å². The summed E-state index contributed by atoms with van der Waals surface area (Å²) in [5, 5.41) is 8.71. The summed E-state index contributed by atoms with van der Waals surface area (Å²) in [5.41, 5.74) is 1.90. The molecule has 1 heterocycles. The molecule has 16 heavy (non-hydrogen) atoms. The van der Waals surface area contributed by atoms with Crippen LogP contribution >= 0.6 is 0 Å². The molecular formula is C12H13NO3. The lowest BCUT2D eigenvalue weighted by Gasteiger charge is -2.11. The van der Waals surface area contributed by atoms with Crippen LogP contribution in [0, 0.1) is 6.92 Å². The van der Waals surface area contributed by atoms with Crippen LogP contribution in [0.1, 0.15) is 32.7 Å². The molecule has 84 valence electrons. The topological polar surface area (TPSA) is 57.6 Å². The Morgan fingerprint density at radius 2 is 1.88 bits per heavy atom. The molecule has 0 spiro atoms. The molecule has 0 bridgehead atoms. The smallest absolute Gasteiger partial charge is 0.261 e. The van der Waals surface area contributed by atoms with Gasteiger partial charge in [0.25, 0.3) is 11.8 Å². The van der Waals surface area contributed by atoms with Crippen molar-refractivity contribution in [1.82, 2.24) is 4.90 Å². The molecule has 0 atom stereocenters. The number of hydrogen-bond donors (Lipinski definition) is 1. The fourth-order valence-electron chi connectivity index (χ4n) is 1.84. The van der Waals surface area contributed by atoms with Crippen molar-refractivity contribution in [2.45, 2.75) is 13.3 Å². The molecular weight excluding hydrogens is 206 g/mol. The Morgan fingerprint density at radius 3 is 2.56 bits per heavy atom. The van der Waals surface area contributed by atoms with Crippen LogP contribution in [-0.4, -0.2) is 35.0 Å². The van der Waals surface area contributed by atoms with E-state index in [1.807, 2.05) is 13.0 Å². The zero-order chi connectivity index (χ0) is 11.7. The zero-order valence-corrected chi connectivity index (χ0v) is 9.06. The second kappa shape index (κ2) is 4.06. The summed E-state index contributed by atoms with van der Waals surface area (Å²) in [6.07, 6.45) is 0.421. The first-order valence-electron chi connectivity index (χ1n) is 5.23. The van der Waals surface area contributed by atoms with Crippen LogP contribution in [0.4, 0.5) is 0 Å². The van der Waals surface area contributed by atoms with Gasteiger partial charge in [0, 0.05) is 13.2 Å². The zero-order valence-electron chi connectivity index (χ0n) is 9.06. The summed E-state index contributed by atoms with van der Waals surface area (Å²) < 4.78 is 0. The average molecular weight is 219 g/mol. The molecule has 1 aromatic carbocycles. The molecule has 2 amide bonds. The van der Waals surface area contributed by atoms with Crippen LogP contribution in [0.3, 0.4) is 0 Å². The Kier molecular flexibility index (Phi) is 2.75. The number of fused-ring (bicyclic) bond motifs is 1. The Hall–Kier alpha value is -1.68. The van der Waals surface area contributed by atoms with Gasteiger partial charge in [-0.2, -0.15) is 0 Å². The molecule has 0 aliphatic carbocycles. The number of aliphatic hydroxyl groups excluding tert-OH is 1. The Balaban J connectivity index is 2.33. The van der Waals surface area contributed by atoms with Crippen molar-refractivity contribution in [2.75, 3.05) is 13.2 Å². The van der Waals surface area contributed by atoms with Crippen LogP contribution in [0.2, 0.25) is 0 Å². The van der Waals surface area contributed by atoms with Gasteiger partial charge in [-0.05, 0) is 25.5 Å². The van der Waals surface area contributed by atoms with Gasteiger partial charge in [0.05, 0.1) is 11.1 Å². The van der Waals surface area contributed by atoms with Crippen molar-refractivity contribution in [3.05, 3.63) is 34.9 Å². The number of carbonyl (C=O) groups is 2. The van der Waals surface area contributed by atoms with Gasteiger partial charge in [0.15, 0.2) is 0 Å². The summed E-state index contributed by atoms with van der Waals surface area (Å²) in [7, 11) is 0. The van der Waals surface area contributed by atoms with Crippen molar-refractivity contribution in [3.8, 4) is 0 Å². The van der Waals surface area contributed by atoms with Crippen LogP contribution in [0.5, 0.6) is 0 Å². The van der Waals surface area contributed by atoms with Crippen molar-refractivity contribution in [3.63, 3.8) is 0 Å². The molecule has 2 rings (SSSR count). The predicted molar refractivity (Wildman–Crippen MR) is 58.2 cm³/mol. The van der Waals surface area contributed by atoms with E-state index in [1.165, 1.54) is 4.90 Å². The van der Waals surface area contributed by atoms with Gasteiger partial charge in [-0.25, -0.2) is 0 Å². The molecule has 0 saturated carbocycles. The lowest BCUT2D eigenvalue weighted by molar-refractivity contribution is 0.0645. The van der Waals surface area contributed by atoms with E-state index in [4.69, 9.17) is 5.11 Å². The molecule has 0 fully saturated rings. The van der Waals surface area contributed by atoms with Crippen LogP contribution < -0.4 is 0 Å². The SMILES string of the molecule is Cc1ccc2c(c1)C(=O)N(CCCO)C2=O. The quantitative estimate of drug-likeness (QED) is 0.771. The minimum absolute atomic E-state index is 0.0214. The van der Waals surface area contributed by atoms with E-state index in [1.54, 1.807) is 12.1 Å². The predicted octanol–water partition coefficient (Wildman–Crippen LogP) is 0.973. The summed E-state index contributed by atoms with van der Waals surface area (Å²) in [6, 6.07) is 5.23. The highest BCUT2D eigenvalue weighted by molar-refractivity contribution is 6.21. The number of benzene rings is 1. The van der Waals surface area contributed by atoms with Crippen molar-refractivity contribution in [2.24, 2.45) is 0 Å². The van der Waals surface area contributed by atoms with Gasteiger partial charge in [0.1, 0.15) is 0 Å². The Labute approximate surface area is 93.5 Å². The number of nitrogens with zero attached hydrogens (tertiary/aromatic N) is 1. The fourth-order valence-corrected chi connectivity index (χ4v) is 1.84. The third kappa shape index (κ3) is 1.61. The number of amides is 2. The highest BCUT2D eigenvalue weighted by Crippen LogP contribution is 2.23. The van der Waals surface area contributed by atoms with Crippen molar-refractivity contribution < 1.29 is 14.7 Å². The molecule has 1 aliphatic rings. The lowest BCUT2D eigenvalue weighted by atomic mass is 10.1. The van der Waals surface area contributed by atoms with Gasteiger partial charge in [0.2, 0.25) is 0 Å². The maximum atomic E-state index is 11.9. The first-order chi connectivity index (χ1) is 7.65. The number of aryl methyl sites for hydroxylation is 1. The van der Waals surface area contributed by atoms with Gasteiger partial charge in [-0.15, -0.1) is 0 Å². The van der Waals surface area contributed by atoms with Crippen LogP contribution in [0.15, 0.2) is 18.2 Å². The standard InChI is InChI=1S/C12H13NO3/c1-8-3-4-9-10(7-8)12(16)13(11(9)15)5-2-6-14/h3-4,7,14H,2,5-6H2,1H3. The number of imide groups is 1. The van der Waals surface area contributed by atoms with Crippen molar-refractivity contribution in [1.29, 1.82) is 0 Å². The maximum Gasteiger partial charge on any atom is 0.261 e. The molecule has 4 nitrogen and oxygen atoms in total. The third-order valence-electron chi connectivity index (χ3n) is 2.67. The van der Waals surface area contributed by atoms with Gasteiger partial charge >= 0.3 is 0 Å². The van der Waals surface area contributed by atoms with E-state index in [-0.39, 0.29) is 25.0 Å². The lowest BCUT2D eigenvalue weighted by Crippen LogP contribution is -2.31. The molecule has 0 saturated heterocycles. The Morgan fingerprint density at radius 1 is 1.19 bits per heavy atom. The van der Waals surface area contributed by atoms with E-state index in [2.05, 4.69) is 0 Å². The largest absolute Gasteiger partial charge is 0.396 e. The van der Waals surface area contributed by atoms with E-state index >= 15 is 0 Å². The monoisotopic (exact) mass is 219 g/mol. The normalized spacial score (nSPS) is 14.5. The molecule has 1 aliphatic heterocycles. The van der Waals surface area contributed by atoms with Gasteiger partial charge < -0.3 is 5.11 Å². The van der Waals surface area contributed by atoms with Crippen molar-refractivity contribution >= 4 is 11.8 Å². The number of hydrogen-bond acceptors (Lipinski definition) is 3. The molecule has 0 aromatic heterocycles. The molecule has 0 unspecified atom stereocenters.